The molecule has 0 amide bonds. The van der Waals surface area contributed by atoms with Crippen LogP contribution in [0, 0.1) is 5.82 Å². The number of nitrogens with zero attached hydrogens (tertiary/aromatic N) is 1. The summed E-state index contributed by atoms with van der Waals surface area (Å²) in [6.45, 7) is 1.46. The van der Waals surface area contributed by atoms with E-state index >= 15 is 0 Å². The summed E-state index contributed by atoms with van der Waals surface area (Å²) in [5.74, 6) is -1.28. The second-order valence-corrected chi connectivity index (χ2v) is 10.4. The van der Waals surface area contributed by atoms with Gasteiger partial charge in [0, 0.05) is 21.9 Å². The summed E-state index contributed by atoms with van der Waals surface area (Å²) in [6, 6.07) is 14.7. The fraction of sp³-hybridized carbons (Fsp3) is 0.120. The van der Waals surface area contributed by atoms with Crippen LogP contribution in [-0.4, -0.2) is 27.3 Å². The second-order valence-electron chi connectivity index (χ2n) is 7.71. The van der Waals surface area contributed by atoms with Crippen LogP contribution in [0.3, 0.4) is 0 Å². The highest BCUT2D eigenvalue weighted by Crippen LogP contribution is 2.36. The summed E-state index contributed by atoms with van der Waals surface area (Å²) in [6.07, 6.45) is 1.43. The zero-order valence-electron chi connectivity index (χ0n) is 19.1. The highest BCUT2D eigenvalue weighted by Gasteiger charge is 2.38. The molecule has 0 aliphatic carbocycles. The summed E-state index contributed by atoms with van der Waals surface area (Å²) in [5, 5.41) is 0. The van der Waals surface area contributed by atoms with Gasteiger partial charge in [0.15, 0.2) is 0 Å². The first-order valence-electron chi connectivity index (χ1n) is 10.6. The van der Waals surface area contributed by atoms with Crippen LogP contribution in [-0.2, 0) is 30.9 Å². The maximum absolute atomic E-state index is 13.5. The lowest BCUT2D eigenvalue weighted by molar-refractivity contribution is -0.137. The molecule has 1 N–H and O–H groups in total. The Morgan fingerprint density at radius 2 is 1.78 bits per heavy atom. The topological polar surface area (TPSA) is 106 Å². The van der Waals surface area contributed by atoms with Gasteiger partial charge in [-0.15, -0.1) is 0 Å². The number of hydrogen-bond donors (Lipinski definition) is 1. The van der Waals surface area contributed by atoms with E-state index in [-0.39, 0.29) is 28.5 Å². The van der Waals surface area contributed by atoms with Gasteiger partial charge < -0.3 is 14.1 Å². The van der Waals surface area contributed by atoms with E-state index in [0.29, 0.717) is 17.1 Å². The Bertz CT molecular complexity index is 1490. The number of esters is 1. The van der Waals surface area contributed by atoms with Crippen molar-refractivity contribution in [2.45, 2.75) is 18.4 Å². The number of ether oxygens (including phenoxy) is 1. The highest BCUT2D eigenvalue weighted by molar-refractivity contribution is 9.10. The Hall–Kier alpha value is -3.54. The van der Waals surface area contributed by atoms with Crippen molar-refractivity contribution in [1.29, 1.82) is 0 Å². The van der Waals surface area contributed by atoms with Crippen molar-refractivity contribution in [3.8, 4) is 0 Å². The molecular weight excluding hydrogens is 555 g/mol. The Kier molecular flexibility index (Phi) is 7.25. The van der Waals surface area contributed by atoms with Crippen LogP contribution >= 0.6 is 15.9 Å². The lowest BCUT2D eigenvalue weighted by atomic mass is 10.1. The van der Waals surface area contributed by atoms with Crippen LogP contribution < -0.4 is 9.62 Å². The number of nitrogens with one attached hydrogen (secondary N) is 1. The molecule has 1 aromatic heterocycles. The van der Waals surface area contributed by atoms with Gasteiger partial charge in [-0.1, -0.05) is 15.9 Å². The molecule has 11 heteroatoms. The first-order valence-corrected chi connectivity index (χ1v) is 12.8. The molecule has 186 valence electrons. The molecule has 3 aromatic rings. The number of halogens is 2. The molecule has 1 aliphatic rings. The smallest absolute Gasteiger partial charge is 0.343 e. The van der Waals surface area contributed by atoms with Crippen molar-refractivity contribution >= 4 is 49.5 Å². The summed E-state index contributed by atoms with van der Waals surface area (Å²) >= 11 is 3.26. The van der Waals surface area contributed by atoms with E-state index in [2.05, 4.69) is 20.7 Å². The number of carbonyl (C=O) groups excluding carboxylic acids is 2. The Balaban J connectivity index is 1.61. The number of anilines is 1. The van der Waals surface area contributed by atoms with Gasteiger partial charge in [0.2, 0.25) is 15.8 Å². The van der Waals surface area contributed by atoms with Crippen LogP contribution in [0.4, 0.5) is 10.1 Å². The number of benzene rings is 2. The zero-order valence-corrected chi connectivity index (χ0v) is 21.5. The minimum Gasteiger partial charge on any atom is -0.465 e. The van der Waals surface area contributed by atoms with Crippen LogP contribution in [0.2, 0.25) is 0 Å². The molecule has 0 saturated heterocycles. The average molecular weight is 575 g/mol. The van der Waals surface area contributed by atoms with Crippen molar-refractivity contribution in [2.24, 2.45) is 0 Å². The van der Waals surface area contributed by atoms with Crippen LogP contribution in [0.1, 0.15) is 18.4 Å². The predicted octanol–water partition coefficient (Wildman–Crippen LogP) is 4.54. The summed E-state index contributed by atoms with van der Waals surface area (Å²) < 4.78 is 52.2. The van der Waals surface area contributed by atoms with Crippen LogP contribution in [0.5, 0.6) is 0 Å². The van der Waals surface area contributed by atoms with Crippen molar-refractivity contribution in [1.82, 2.24) is 4.72 Å². The highest BCUT2D eigenvalue weighted by atomic mass is 79.9. The molecule has 2 heterocycles. The molecule has 0 fully saturated rings. The number of allylic oxidation sites excluding steroid dienone is 2. The molecule has 0 bridgehead atoms. The summed E-state index contributed by atoms with van der Waals surface area (Å²) in [7, 11) is -2.60. The molecule has 0 spiro atoms. The molecule has 0 atom stereocenters. The third-order valence-electron chi connectivity index (χ3n) is 5.39. The third-order valence-corrected chi connectivity index (χ3v) is 7.34. The molecule has 8 nitrogen and oxygen atoms in total. The Morgan fingerprint density at radius 1 is 1.11 bits per heavy atom. The molecule has 4 rings (SSSR count). The maximum atomic E-state index is 13.5. The van der Waals surface area contributed by atoms with Gasteiger partial charge in [-0.3, -0.25) is 4.79 Å². The van der Waals surface area contributed by atoms with E-state index in [9.17, 15) is 22.4 Å². The van der Waals surface area contributed by atoms with Gasteiger partial charge >= 0.3 is 5.97 Å². The fourth-order valence-corrected chi connectivity index (χ4v) is 4.90. The number of hydrogen-bond acceptors (Lipinski definition) is 7. The van der Waals surface area contributed by atoms with E-state index in [1.54, 1.807) is 31.2 Å². The molecule has 0 radical (unpaired) electrons. The van der Waals surface area contributed by atoms with Gasteiger partial charge in [0.05, 0.1) is 24.2 Å². The van der Waals surface area contributed by atoms with Gasteiger partial charge in [-0.25, -0.2) is 22.3 Å². The SMILES string of the molecule is COC(=O)C1=C(C)N(c2ccc(F)cc2)/C(=C/c2ccc(CNS(=O)(=O)c3ccc(Br)cc3)o2)C1=O. The lowest BCUT2D eigenvalue weighted by Crippen LogP contribution is -2.22. The van der Waals surface area contributed by atoms with Crippen LogP contribution in [0.15, 0.2) is 91.4 Å². The molecule has 0 saturated carbocycles. The quantitative estimate of drug-likeness (QED) is 0.251. The number of carbonyl (C=O) groups is 2. The molecule has 1 aliphatic heterocycles. The third kappa shape index (κ3) is 5.18. The molecular formula is C25H20BrFN2O6S. The molecule has 2 aromatic carbocycles. The molecule has 36 heavy (non-hydrogen) atoms. The first-order chi connectivity index (χ1) is 17.1. The maximum Gasteiger partial charge on any atom is 0.343 e. The van der Waals surface area contributed by atoms with Crippen molar-refractivity contribution in [2.75, 3.05) is 12.0 Å². The van der Waals surface area contributed by atoms with Crippen molar-refractivity contribution < 1.29 is 31.6 Å². The minimum absolute atomic E-state index is 0.0934. The number of methoxy groups -OCH3 is 1. The van der Waals surface area contributed by atoms with Gasteiger partial charge in [-0.2, -0.15) is 0 Å². The fourth-order valence-electron chi connectivity index (χ4n) is 3.65. The van der Waals surface area contributed by atoms with E-state index in [0.717, 1.165) is 4.47 Å². The first kappa shape index (κ1) is 25.5. The second kappa shape index (κ2) is 10.2. The monoisotopic (exact) mass is 574 g/mol. The van der Waals surface area contributed by atoms with E-state index in [1.807, 2.05) is 0 Å². The number of ketones is 1. The van der Waals surface area contributed by atoms with E-state index < -0.39 is 27.6 Å². The van der Waals surface area contributed by atoms with E-state index in [1.165, 1.54) is 54.5 Å². The lowest BCUT2D eigenvalue weighted by Gasteiger charge is -2.21. The summed E-state index contributed by atoms with van der Waals surface area (Å²) in [4.78, 5) is 27.0. The van der Waals surface area contributed by atoms with Crippen molar-refractivity contribution in [3.63, 3.8) is 0 Å². The zero-order chi connectivity index (χ0) is 26.0. The van der Waals surface area contributed by atoms with Crippen molar-refractivity contribution in [3.05, 3.63) is 99.4 Å². The van der Waals surface area contributed by atoms with Gasteiger partial charge in [0.1, 0.15) is 22.9 Å². The average Bonchev–Trinajstić information content (AvgIpc) is 3.40. The minimum atomic E-state index is -3.77. The number of rotatable bonds is 7. The van der Waals surface area contributed by atoms with Gasteiger partial charge in [0.25, 0.3) is 0 Å². The molecule has 0 unspecified atom stereocenters. The Morgan fingerprint density at radius 3 is 2.42 bits per heavy atom. The summed E-state index contributed by atoms with van der Waals surface area (Å²) in [5.41, 5.74) is 0.721. The normalized spacial score (nSPS) is 15.2. The standard InChI is InChI=1S/C25H20BrFN2O6S/c1-15-23(25(31)34-2)24(30)22(29(15)18-7-5-17(27)6-8-18)13-19-9-10-20(35-19)14-28-36(32,33)21-11-3-16(26)4-12-21/h3-13,28H,14H2,1-2H3/b22-13+. The number of sulfonamides is 1. The number of Topliss-reactive ketones (excluding diaryl/α,β-unsaturated/α-hetero) is 1. The van der Waals surface area contributed by atoms with E-state index in [4.69, 9.17) is 9.15 Å². The largest absolute Gasteiger partial charge is 0.465 e. The number of furan rings is 1. The van der Waals surface area contributed by atoms with Crippen LogP contribution in [0.25, 0.3) is 6.08 Å². The predicted molar refractivity (Wildman–Crippen MR) is 133 cm³/mol. The van der Waals surface area contributed by atoms with Gasteiger partial charge in [-0.05, 0) is 67.6 Å². The Labute approximate surface area is 215 Å².